The van der Waals surface area contributed by atoms with Gasteiger partial charge in [-0.2, -0.15) is 0 Å². The molecule has 2 aromatic carbocycles. The van der Waals surface area contributed by atoms with Gasteiger partial charge in [0.25, 0.3) is 5.91 Å². The number of fused-ring (bicyclic) bond motifs is 1. The molecule has 0 bridgehead atoms. The normalized spacial score (nSPS) is 14.0. The standard InChI is InChI=1S/C16H13F2NO/c17-12-7-3-8-13(18)15(12)16(20)19-10-4-6-11-5-1-2-9-14(11)19/h1-3,5,7-9H,4,6,10H2. The molecule has 102 valence electrons. The smallest absolute Gasteiger partial charge is 0.264 e. The van der Waals surface area contributed by atoms with Gasteiger partial charge in [-0.25, -0.2) is 8.78 Å². The van der Waals surface area contributed by atoms with E-state index in [2.05, 4.69) is 0 Å². The Morgan fingerprint density at radius 3 is 2.45 bits per heavy atom. The van der Waals surface area contributed by atoms with E-state index < -0.39 is 23.1 Å². The summed E-state index contributed by atoms with van der Waals surface area (Å²) in [7, 11) is 0. The predicted molar refractivity (Wildman–Crippen MR) is 72.8 cm³/mol. The first-order chi connectivity index (χ1) is 9.68. The van der Waals surface area contributed by atoms with Gasteiger partial charge >= 0.3 is 0 Å². The van der Waals surface area contributed by atoms with Gasteiger partial charge < -0.3 is 4.90 Å². The quantitative estimate of drug-likeness (QED) is 0.778. The van der Waals surface area contributed by atoms with Crippen molar-refractivity contribution in [2.24, 2.45) is 0 Å². The zero-order valence-electron chi connectivity index (χ0n) is 10.8. The highest BCUT2D eigenvalue weighted by Gasteiger charge is 2.27. The fraction of sp³-hybridized carbons (Fsp3) is 0.188. The molecule has 0 unspecified atom stereocenters. The average molecular weight is 273 g/mol. The van der Waals surface area contributed by atoms with E-state index in [0.29, 0.717) is 6.54 Å². The second-order valence-corrected chi connectivity index (χ2v) is 4.79. The summed E-state index contributed by atoms with van der Waals surface area (Å²) in [5.41, 5.74) is 1.29. The van der Waals surface area contributed by atoms with Gasteiger partial charge in [0.15, 0.2) is 0 Å². The number of carbonyl (C=O) groups is 1. The summed E-state index contributed by atoms with van der Waals surface area (Å²) in [6.07, 6.45) is 1.67. The lowest BCUT2D eigenvalue weighted by molar-refractivity contribution is 0.0977. The molecule has 2 nitrogen and oxygen atoms in total. The van der Waals surface area contributed by atoms with Crippen LogP contribution in [0.1, 0.15) is 22.3 Å². The Hall–Kier alpha value is -2.23. The highest BCUT2D eigenvalue weighted by atomic mass is 19.1. The number of halogens is 2. The molecule has 3 rings (SSSR count). The molecule has 4 heteroatoms. The lowest BCUT2D eigenvalue weighted by atomic mass is 10.0. The number of anilines is 1. The van der Waals surface area contributed by atoms with E-state index in [4.69, 9.17) is 0 Å². The highest BCUT2D eigenvalue weighted by Crippen LogP contribution is 2.29. The second kappa shape index (κ2) is 5.04. The Balaban J connectivity index is 2.05. The molecule has 0 saturated carbocycles. The average Bonchev–Trinajstić information content (AvgIpc) is 2.46. The van der Waals surface area contributed by atoms with Crippen LogP contribution in [0.3, 0.4) is 0 Å². The zero-order valence-corrected chi connectivity index (χ0v) is 10.8. The first-order valence-electron chi connectivity index (χ1n) is 6.52. The third-order valence-corrected chi connectivity index (χ3v) is 3.53. The first kappa shape index (κ1) is 12.8. The summed E-state index contributed by atoms with van der Waals surface area (Å²) >= 11 is 0. The summed E-state index contributed by atoms with van der Waals surface area (Å²) in [5, 5.41) is 0. The van der Waals surface area contributed by atoms with Gasteiger partial charge in [-0.1, -0.05) is 24.3 Å². The molecule has 2 aromatic rings. The molecule has 0 aliphatic carbocycles. The minimum absolute atomic E-state index is 0.476. The number of amides is 1. The van der Waals surface area contributed by atoms with E-state index in [-0.39, 0.29) is 0 Å². The second-order valence-electron chi connectivity index (χ2n) is 4.79. The number of para-hydroxylation sites is 1. The minimum atomic E-state index is -0.821. The van der Waals surface area contributed by atoms with E-state index in [1.807, 2.05) is 24.3 Å². The SMILES string of the molecule is O=C(c1c(F)cccc1F)N1CCCc2ccccc21. The molecular formula is C16H13F2NO. The predicted octanol–water partition coefficient (Wildman–Crippen LogP) is 3.56. The van der Waals surface area contributed by atoms with E-state index in [1.165, 1.54) is 11.0 Å². The van der Waals surface area contributed by atoms with Crippen LogP contribution in [-0.2, 0) is 6.42 Å². The molecule has 20 heavy (non-hydrogen) atoms. The first-order valence-corrected chi connectivity index (χ1v) is 6.52. The lowest BCUT2D eigenvalue weighted by Crippen LogP contribution is -2.36. The van der Waals surface area contributed by atoms with E-state index in [1.54, 1.807) is 0 Å². The van der Waals surface area contributed by atoms with Crippen LogP contribution in [0, 0.1) is 11.6 Å². The van der Waals surface area contributed by atoms with Gasteiger partial charge in [0.2, 0.25) is 0 Å². The van der Waals surface area contributed by atoms with Crippen LogP contribution >= 0.6 is 0 Å². The van der Waals surface area contributed by atoms with Crippen LogP contribution in [0.15, 0.2) is 42.5 Å². The molecule has 0 saturated heterocycles. The summed E-state index contributed by atoms with van der Waals surface area (Å²) in [6.45, 7) is 0.476. The molecular weight excluding hydrogens is 260 g/mol. The van der Waals surface area contributed by atoms with Crippen molar-refractivity contribution in [2.45, 2.75) is 12.8 Å². The minimum Gasteiger partial charge on any atom is -0.308 e. The maximum atomic E-state index is 13.7. The number of hydrogen-bond acceptors (Lipinski definition) is 1. The Labute approximate surface area is 115 Å². The van der Waals surface area contributed by atoms with Crippen molar-refractivity contribution in [1.82, 2.24) is 0 Å². The number of benzene rings is 2. The number of nitrogens with zero attached hydrogens (tertiary/aromatic N) is 1. The largest absolute Gasteiger partial charge is 0.308 e. The van der Waals surface area contributed by atoms with Crippen LogP contribution < -0.4 is 4.90 Å². The van der Waals surface area contributed by atoms with E-state index in [9.17, 15) is 13.6 Å². The monoisotopic (exact) mass is 273 g/mol. The summed E-state index contributed by atoms with van der Waals surface area (Å²) in [5.74, 6) is -2.26. The molecule has 1 aliphatic rings. The van der Waals surface area contributed by atoms with Crippen molar-refractivity contribution in [1.29, 1.82) is 0 Å². The highest BCUT2D eigenvalue weighted by molar-refractivity contribution is 6.07. The number of rotatable bonds is 1. The number of hydrogen-bond donors (Lipinski definition) is 0. The van der Waals surface area contributed by atoms with Crippen LogP contribution in [0.5, 0.6) is 0 Å². The van der Waals surface area contributed by atoms with Crippen molar-refractivity contribution in [3.8, 4) is 0 Å². The molecule has 0 radical (unpaired) electrons. The van der Waals surface area contributed by atoms with Gasteiger partial charge in [0, 0.05) is 12.2 Å². The molecule has 1 amide bonds. The third-order valence-electron chi connectivity index (χ3n) is 3.53. The molecule has 0 N–H and O–H groups in total. The van der Waals surface area contributed by atoms with Gasteiger partial charge in [-0.15, -0.1) is 0 Å². The van der Waals surface area contributed by atoms with E-state index in [0.717, 1.165) is 36.2 Å². The van der Waals surface area contributed by atoms with Crippen molar-refractivity contribution in [3.05, 3.63) is 65.2 Å². The van der Waals surface area contributed by atoms with Crippen molar-refractivity contribution < 1.29 is 13.6 Å². The lowest BCUT2D eigenvalue weighted by Gasteiger charge is -2.29. The van der Waals surface area contributed by atoms with Crippen molar-refractivity contribution in [2.75, 3.05) is 11.4 Å². The van der Waals surface area contributed by atoms with Crippen molar-refractivity contribution in [3.63, 3.8) is 0 Å². The maximum absolute atomic E-state index is 13.7. The Kier molecular flexibility index (Phi) is 3.22. The zero-order chi connectivity index (χ0) is 14.1. The summed E-state index contributed by atoms with van der Waals surface area (Å²) < 4.78 is 27.5. The maximum Gasteiger partial charge on any atom is 0.264 e. The van der Waals surface area contributed by atoms with Crippen molar-refractivity contribution >= 4 is 11.6 Å². The summed E-state index contributed by atoms with van der Waals surface area (Å²) in [6, 6.07) is 10.9. The summed E-state index contributed by atoms with van der Waals surface area (Å²) in [4.78, 5) is 13.9. The van der Waals surface area contributed by atoms with Gasteiger partial charge in [0.1, 0.15) is 17.2 Å². The fourth-order valence-electron chi connectivity index (χ4n) is 2.58. The van der Waals surface area contributed by atoms with E-state index >= 15 is 0 Å². The number of carbonyl (C=O) groups excluding carboxylic acids is 1. The van der Waals surface area contributed by atoms with Gasteiger partial charge in [-0.3, -0.25) is 4.79 Å². The fourth-order valence-corrected chi connectivity index (χ4v) is 2.58. The third kappa shape index (κ3) is 2.07. The van der Waals surface area contributed by atoms with Crippen LogP contribution in [0.4, 0.5) is 14.5 Å². The Morgan fingerprint density at radius 1 is 1.00 bits per heavy atom. The number of aryl methyl sites for hydroxylation is 1. The Bertz CT molecular complexity index is 649. The molecule has 1 aliphatic heterocycles. The topological polar surface area (TPSA) is 20.3 Å². The van der Waals surface area contributed by atoms with Gasteiger partial charge in [0.05, 0.1) is 0 Å². The van der Waals surface area contributed by atoms with Crippen LogP contribution in [-0.4, -0.2) is 12.5 Å². The van der Waals surface area contributed by atoms with Crippen LogP contribution in [0.25, 0.3) is 0 Å². The van der Waals surface area contributed by atoms with Crippen LogP contribution in [0.2, 0.25) is 0 Å². The van der Waals surface area contributed by atoms with Gasteiger partial charge in [-0.05, 0) is 36.6 Å². The Morgan fingerprint density at radius 2 is 1.70 bits per heavy atom. The molecule has 0 fully saturated rings. The molecule has 0 aromatic heterocycles. The molecule has 0 spiro atoms. The molecule has 1 heterocycles. The molecule has 0 atom stereocenters.